The molecule has 0 aliphatic rings. The molecule has 1 amide bonds. The van der Waals surface area contributed by atoms with Crippen molar-refractivity contribution in [2.75, 3.05) is 31.6 Å². The number of halogens is 1. The van der Waals surface area contributed by atoms with Gasteiger partial charge in [0.05, 0.1) is 6.54 Å². The van der Waals surface area contributed by atoms with Crippen molar-refractivity contribution in [2.45, 2.75) is 26.6 Å². The number of fused-ring (bicyclic) bond motifs is 1. The molecule has 2 N–H and O–H groups in total. The molecule has 0 fully saturated rings. The smallest absolute Gasteiger partial charge is 0.251 e. The summed E-state index contributed by atoms with van der Waals surface area (Å²) in [6, 6.07) is 10.5. The Kier molecular flexibility index (Phi) is 7.95. The zero-order chi connectivity index (χ0) is 21.3. The molecule has 10 heteroatoms. The fourth-order valence-electron chi connectivity index (χ4n) is 2.83. The molecule has 0 radical (unpaired) electrons. The van der Waals surface area contributed by atoms with Gasteiger partial charge in [-0.2, -0.15) is 4.52 Å². The molecule has 0 saturated carbocycles. The molecule has 30 heavy (non-hydrogen) atoms. The second-order valence-corrected chi connectivity index (χ2v) is 6.78. The van der Waals surface area contributed by atoms with Crippen molar-refractivity contribution in [1.29, 1.82) is 0 Å². The monoisotopic (exact) mass is 432 g/mol. The molecule has 0 unspecified atom stereocenters. The first-order valence-corrected chi connectivity index (χ1v) is 10.2. The van der Waals surface area contributed by atoms with Crippen molar-refractivity contribution in [3.63, 3.8) is 0 Å². The topological polar surface area (TPSA) is 103 Å². The van der Waals surface area contributed by atoms with Gasteiger partial charge in [-0.25, -0.2) is 0 Å². The Hall–Kier alpha value is -2.75. The summed E-state index contributed by atoms with van der Waals surface area (Å²) in [4.78, 5) is 12.2. The number of hydrogen-bond donors (Lipinski definition) is 2. The Bertz CT molecular complexity index is 974. The van der Waals surface area contributed by atoms with E-state index in [1.807, 2.05) is 26.0 Å². The Balaban J connectivity index is 1.59. The number of nitrogens with zero attached hydrogens (tertiary/aromatic N) is 4. The number of hydrogen-bond acceptors (Lipinski definition) is 7. The standard InChI is InChI=1S/C20H25ClN6O3/c1-3-29-19(30-4-2)13-23-16-8-9-17-24-25-18(27(17)26-16)10-11-22-20(28)14-6-5-7-15(21)12-14/h5-9,12,19H,3-4,10-11,13H2,1-2H3,(H,22,28)(H,23,26). The van der Waals surface area contributed by atoms with Crippen LogP contribution in [0.5, 0.6) is 0 Å². The predicted molar refractivity (Wildman–Crippen MR) is 114 cm³/mol. The normalized spacial score (nSPS) is 11.2. The van der Waals surface area contributed by atoms with Crippen LogP contribution in [0.4, 0.5) is 5.82 Å². The molecule has 0 aliphatic carbocycles. The highest BCUT2D eigenvalue weighted by Gasteiger charge is 2.12. The van der Waals surface area contributed by atoms with Gasteiger partial charge >= 0.3 is 0 Å². The van der Waals surface area contributed by atoms with Crippen LogP contribution in [0.25, 0.3) is 5.65 Å². The number of aromatic nitrogens is 4. The first-order valence-electron chi connectivity index (χ1n) is 9.83. The second-order valence-electron chi connectivity index (χ2n) is 6.34. The quantitative estimate of drug-likeness (QED) is 0.449. The van der Waals surface area contributed by atoms with E-state index in [-0.39, 0.29) is 12.2 Å². The highest BCUT2D eigenvalue weighted by atomic mass is 35.5. The van der Waals surface area contributed by atoms with Crippen LogP contribution in [0.15, 0.2) is 36.4 Å². The molecular formula is C20H25ClN6O3. The van der Waals surface area contributed by atoms with Gasteiger partial charge in [0.1, 0.15) is 5.82 Å². The average molecular weight is 433 g/mol. The number of carbonyl (C=O) groups excluding carboxylic acids is 1. The van der Waals surface area contributed by atoms with Crippen molar-refractivity contribution in [1.82, 2.24) is 25.1 Å². The third-order valence-electron chi connectivity index (χ3n) is 4.20. The Morgan fingerprint density at radius 1 is 1.17 bits per heavy atom. The van der Waals surface area contributed by atoms with Gasteiger partial charge in [0.2, 0.25) is 0 Å². The van der Waals surface area contributed by atoms with Gasteiger partial charge in [-0.15, -0.1) is 15.3 Å². The summed E-state index contributed by atoms with van der Waals surface area (Å²) in [7, 11) is 0. The first-order chi connectivity index (χ1) is 14.6. The molecule has 0 spiro atoms. The van der Waals surface area contributed by atoms with Gasteiger partial charge in [-0.3, -0.25) is 4.79 Å². The van der Waals surface area contributed by atoms with Crippen molar-refractivity contribution >= 4 is 29.0 Å². The molecule has 0 atom stereocenters. The molecule has 2 aromatic heterocycles. The van der Waals surface area contributed by atoms with Crippen LogP contribution in [0, 0.1) is 0 Å². The van der Waals surface area contributed by atoms with Gasteiger partial charge in [0.15, 0.2) is 17.8 Å². The summed E-state index contributed by atoms with van der Waals surface area (Å²) >= 11 is 5.93. The minimum Gasteiger partial charge on any atom is -0.364 e. The zero-order valence-corrected chi connectivity index (χ0v) is 17.7. The van der Waals surface area contributed by atoms with Gasteiger partial charge in [-0.05, 0) is 44.2 Å². The average Bonchev–Trinajstić information content (AvgIpc) is 3.14. The Morgan fingerprint density at radius 2 is 1.97 bits per heavy atom. The number of anilines is 1. The highest BCUT2D eigenvalue weighted by Crippen LogP contribution is 2.11. The van der Waals surface area contributed by atoms with Crippen molar-refractivity contribution < 1.29 is 14.3 Å². The van der Waals surface area contributed by atoms with E-state index in [1.165, 1.54) is 0 Å². The van der Waals surface area contributed by atoms with Gasteiger partial charge in [-0.1, -0.05) is 17.7 Å². The van der Waals surface area contributed by atoms with E-state index in [4.69, 9.17) is 21.1 Å². The lowest BCUT2D eigenvalue weighted by molar-refractivity contribution is -0.126. The molecule has 0 saturated heterocycles. The van der Waals surface area contributed by atoms with Crippen LogP contribution in [-0.4, -0.2) is 58.3 Å². The number of benzene rings is 1. The number of rotatable bonds is 11. The summed E-state index contributed by atoms with van der Waals surface area (Å²) in [6.45, 7) is 5.83. The summed E-state index contributed by atoms with van der Waals surface area (Å²) in [6.07, 6.45) is 0.129. The van der Waals surface area contributed by atoms with Crippen molar-refractivity contribution in [2.24, 2.45) is 0 Å². The molecule has 0 aliphatic heterocycles. The van der Waals surface area contributed by atoms with E-state index < -0.39 is 0 Å². The summed E-state index contributed by atoms with van der Waals surface area (Å²) < 4.78 is 12.7. The Labute approximate surface area is 179 Å². The molecule has 0 bridgehead atoms. The summed E-state index contributed by atoms with van der Waals surface area (Å²) in [5.41, 5.74) is 1.14. The minimum atomic E-state index is -0.348. The van der Waals surface area contributed by atoms with Crippen LogP contribution in [-0.2, 0) is 15.9 Å². The third-order valence-corrected chi connectivity index (χ3v) is 4.44. The maximum absolute atomic E-state index is 12.2. The minimum absolute atomic E-state index is 0.195. The lowest BCUT2D eigenvalue weighted by atomic mass is 10.2. The zero-order valence-electron chi connectivity index (χ0n) is 17.0. The molecule has 3 rings (SSSR count). The number of amides is 1. The van der Waals surface area contributed by atoms with Crippen molar-refractivity contribution in [3.05, 3.63) is 52.8 Å². The summed E-state index contributed by atoms with van der Waals surface area (Å²) in [5, 5.41) is 19.4. The maximum atomic E-state index is 12.2. The fourth-order valence-corrected chi connectivity index (χ4v) is 3.02. The molecular weight excluding hydrogens is 408 g/mol. The van der Waals surface area contributed by atoms with E-state index in [2.05, 4.69) is 25.9 Å². The second kappa shape index (κ2) is 10.9. The van der Waals surface area contributed by atoms with Crippen LogP contribution in [0.2, 0.25) is 5.02 Å². The first kappa shape index (κ1) is 21.9. The molecule has 3 aromatic rings. The molecule has 2 heterocycles. The van der Waals surface area contributed by atoms with Gasteiger partial charge in [0.25, 0.3) is 5.91 Å². The molecule has 9 nitrogen and oxygen atoms in total. The lowest BCUT2D eigenvalue weighted by Crippen LogP contribution is -2.27. The SMILES string of the molecule is CCOC(CNc1ccc2nnc(CCNC(=O)c3cccc(Cl)c3)n2n1)OCC. The van der Waals surface area contributed by atoms with Crippen LogP contribution in [0.1, 0.15) is 30.0 Å². The molecule has 1 aromatic carbocycles. The number of ether oxygens (including phenoxy) is 2. The van der Waals surface area contributed by atoms with Crippen LogP contribution >= 0.6 is 11.6 Å². The van der Waals surface area contributed by atoms with Crippen LogP contribution in [0.3, 0.4) is 0 Å². The van der Waals surface area contributed by atoms with Gasteiger partial charge < -0.3 is 20.1 Å². The number of nitrogens with one attached hydrogen (secondary N) is 2. The highest BCUT2D eigenvalue weighted by molar-refractivity contribution is 6.30. The molecule has 160 valence electrons. The van der Waals surface area contributed by atoms with E-state index in [9.17, 15) is 4.79 Å². The Morgan fingerprint density at radius 3 is 2.70 bits per heavy atom. The third kappa shape index (κ3) is 5.88. The van der Waals surface area contributed by atoms with E-state index in [1.54, 1.807) is 28.8 Å². The maximum Gasteiger partial charge on any atom is 0.251 e. The number of carbonyl (C=O) groups is 1. The fraction of sp³-hybridized carbons (Fsp3) is 0.400. The lowest BCUT2D eigenvalue weighted by Gasteiger charge is -2.17. The predicted octanol–water partition coefficient (Wildman–Crippen LogP) is 2.56. The van der Waals surface area contributed by atoms with E-state index in [0.29, 0.717) is 60.6 Å². The van der Waals surface area contributed by atoms with E-state index in [0.717, 1.165) is 0 Å². The van der Waals surface area contributed by atoms with Crippen molar-refractivity contribution in [3.8, 4) is 0 Å². The van der Waals surface area contributed by atoms with Gasteiger partial charge in [0, 0.05) is 36.8 Å². The van der Waals surface area contributed by atoms with Crippen LogP contribution < -0.4 is 10.6 Å². The van der Waals surface area contributed by atoms with E-state index >= 15 is 0 Å². The summed E-state index contributed by atoms with van der Waals surface area (Å²) in [5.74, 6) is 1.10. The largest absolute Gasteiger partial charge is 0.364 e.